The highest BCUT2D eigenvalue weighted by Crippen LogP contribution is 2.37. The second-order valence-corrected chi connectivity index (χ2v) is 10.5. The molecule has 3 aromatic carbocycles. The van der Waals surface area contributed by atoms with Gasteiger partial charge in [0.05, 0.1) is 25.4 Å². The lowest BCUT2D eigenvalue weighted by atomic mass is 9.90. The van der Waals surface area contributed by atoms with Crippen LogP contribution in [0.25, 0.3) is 0 Å². The summed E-state index contributed by atoms with van der Waals surface area (Å²) in [5, 5.41) is 6.68. The molecule has 0 spiro atoms. The van der Waals surface area contributed by atoms with Gasteiger partial charge in [0.2, 0.25) is 0 Å². The van der Waals surface area contributed by atoms with E-state index in [-0.39, 0.29) is 11.9 Å². The van der Waals surface area contributed by atoms with Crippen molar-refractivity contribution in [2.45, 2.75) is 45.6 Å². The molecule has 2 aliphatic heterocycles. The lowest BCUT2D eigenvalue weighted by Gasteiger charge is -2.33. The van der Waals surface area contributed by atoms with E-state index in [1.807, 2.05) is 24.3 Å². The molecule has 2 heterocycles. The normalized spacial score (nSPS) is 18.6. The van der Waals surface area contributed by atoms with E-state index in [0.717, 1.165) is 49.4 Å². The number of ether oxygens (including phenoxy) is 1. The van der Waals surface area contributed by atoms with Gasteiger partial charge in [0.1, 0.15) is 5.75 Å². The van der Waals surface area contributed by atoms with E-state index in [9.17, 15) is 4.79 Å². The van der Waals surface area contributed by atoms with Gasteiger partial charge in [0.25, 0.3) is 5.91 Å². The van der Waals surface area contributed by atoms with E-state index < -0.39 is 0 Å². The highest BCUT2D eigenvalue weighted by molar-refractivity contribution is 6.05. The SMILES string of the molecule is COc1ccccc1C1=NN(C(=O)CN2CCC(Cc3ccccc3)CC2)[C@H](c2cc(C)ccc2C)C1. The average molecular weight is 496 g/mol. The number of rotatable bonds is 7. The zero-order valence-electron chi connectivity index (χ0n) is 22.2. The van der Waals surface area contributed by atoms with Gasteiger partial charge in [-0.25, -0.2) is 5.01 Å². The minimum Gasteiger partial charge on any atom is -0.496 e. The molecule has 0 unspecified atom stereocenters. The van der Waals surface area contributed by atoms with Crippen LogP contribution in [-0.4, -0.2) is 48.3 Å². The van der Waals surface area contributed by atoms with Gasteiger partial charge in [0, 0.05) is 12.0 Å². The lowest BCUT2D eigenvalue weighted by Crippen LogP contribution is -2.42. The van der Waals surface area contributed by atoms with Crippen molar-refractivity contribution in [1.29, 1.82) is 0 Å². The summed E-state index contributed by atoms with van der Waals surface area (Å²) in [4.78, 5) is 16.0. The van der Waals surface area contributed by atoms with Crippen LogP contribution in [0.15, 0.2) is 77.9 Å². The minimum atomic E-state index is -0.108. The first-order valence-corrected chi connectivity index (χ1v) is 13.4. The molecule has 1 amide bonds. The Morgan fingerprint density at radius 1 is 0.973 bits per heavy atom. The van der Waals surface area contributed by atoms with E-state index in [1.54, 1.807) is 12.1 Å². The Morgan fingerprint density at radius 2 is 1.70 bits per heavy atom. The molecule has 2 aliphatic rings. The fraction of sp³-hybridized carbons (Fsp3) is 0.375. The number of para-hydroxylation sites is 1. The Morgan fingerprint density at radius 3 is 2.46 bits per heavy atom. The number of hydrogen-bond acceptors (Lipinski definition) is 4. The molecule has 5 nitrogen and oxygen atoms in total. The lowest BCUT2D eigenvalue weighted by molar-refractivity contribution is -0.134. The summed E-state index contributed by atoms with van der Waals surface area (Å²) in [6.07, 6.45) is 4.04. The summed E-state index contributed by atoms with van der Waals surface area (Å²) >= 11 is 0. The van der Waals surface area contributed by atoms with Crippen LogP contribution in [0.2, 0.25) is 0 Å². The summed E-state index contributed by atoms with van der Waals surface area (Å²) in [6, 6.07) is 25.0. The number of benzene rings is 3. The number of carbonyl (C=O) groups is 1. The first kappa shape index (κ1) is 25.2. The van der Waals surface area contributed by atoms with E-state index in [4.69, 9.17) is 9.84 Å². The van der Waals surface area contributed by atoms with Crippen LogP contribution in [0.4, 0.5) is 0 Å². The first-order valence-electron chi connectivity index (χ1n) is 13.4. The highest BCUT2D eigenvalue weighted by Gasteiger charge is 2.35. The minimum absolute atomic E-state index is 0.0670. The zero-order valence-corrected chi connectivity index (χ0v) is 22.2. The van der Waals surface area contributed by atoms with Crippen molar-refractivity contribution in [1.82, 2.24) is 9.91 Å². The molecule has 0 aliphatic carbocycles. The van der Waals surface area contributed by atoms with Crippen LogP contribution in [0, 0.1) is 19.8 Å². The van der Waals surface area contributed by atoms with Gasteiger partial charge >= 0.3 is 0 Å². The van der Waals surface area contributed by atoms with Crippen molar-refractivity contribution in [3.05, 3.63) is 101 Å². The van der Waals surface area contributed by atoms with Crippen molar-refractivity contribution in [3.63, 3.8) is 0 Å². The van der Waals surface area contributed by atoms with Gasteiger partial charge in [-0.3, -0.25) is 9.69 Å². The van der Waals surface area contributed by atoms with Crippen molar-refractivity contribution in [3.8, 4) is 5.75 Å². The Labute approximate surface area is 220 Å². The Hall–Kier alpha value is -3.44. The molecule has 1 atom stereocenters. The largest absolute Gasteiger partial charge is 0.496 e. The summed E-state index contributed by atoms with van der Waals surface area (Å²) in [6.45, 7) is 6.53. The van der Waals surface area contributed by atoms with Crippen LogP contribution in [0.3, 0.4) is 0 Å². The molecule has 0 aromatic heterocycles. The third-order valence-electron chi connectivity index (χ3n) is 7.81. The molecular weight excluding hydrogens is 458 g/mol. The highest BCUT2D eigenvalue weighted by atomic mass is 16.5. The van der Waals surface area contributed by atoms with Crippen LogP contribution in [-0.2, 0) is 11.2 Å². The number of hydrazone groups is 1. The molecule has 1 fully saturated rings. The van der Waals surface area contributed by atoms with Gasteiger partial charge in [-0.15, -0.1) is 0 Å². The molecule has 0 saturated carbocycles. The van der Waals surface area contributed by atoms with Crippen molar-refractivity contribution in [2.75, 3.05) is 26.7 Å². The second kappa shape index (κ2) is 11.3. The van der Waals surface area contributed by atoms with Crippen molar-refractivity contribution in [2.24, 2.45) is 11.0 Å². The van der Waals surface area contributed by atoms with Crippen LogP contribution in [0.1, 0.15) is 53.1 Å². The third-order valence-corrected chi connectivity index (χ3v) is 7.81. The van der Waals surface area contributed by atoms with E-state index >= 15 is 0 Å². The first-order chi connectivity index (χ1) is 18.0. The van der Waals surface area contributed by atoms with Crippen LogP contribution in [0.5, 0.6) is 5.75 Å². The summed E-state index contributed by atoms with van der Waals surface area (Å²) in [7, 11) is 1.68. The van der Waals surface area contributed by atoms with Crippen molar-refractivity contribution >= 4 is 11.6 Å². The van der Waals surface area contributed by atoms with E-state index in [1.165, 1.54) is 22.3 Å². The number of likely N-dealkylation sites (tertiary alicyclic amines) is 1. The van der Waals surface area contributed by atoms with Crippen LogP contribution >= 0.6 is 0 Å². The van der Waals surface area contributed by atoms with Gasteiger partial charge in [0.15, 0.2) is 0 Å². The summed E-state index contributed by atoms with van der Waals surface area (Å²) in [5.74, 6) is 1.53. The number of piperidine rings is 1. The monoisotopic (exact) mass is 495 g/mol. The number of nitrogens with zero attached hydrogens (tertiary/aromatic N) is 3. The second-order valence-electron chi connectivity index (χ2n) is 10.5. The van der Waals surface area contributed by atoms with Gasteiger partial charge in [-0.2, -0.15) is 5.10 Å². The molecule has 5 heteroatoms. The fourth-order valence-corrected chi connectivity index (χ4v) is 5.71. The number of aryl methyl sites for hydroxylation is 2. The molecule has 37 heavy (non-hydrogen) atoms. The molecule has 192 valence electrons. The van der Waals surface area contributed by atoms with E-state index in [2.05, 4.69) is 67.3 Å². The molecule has 0 radical (unpaired) electrons. The average Bonchev–Trinajstić information content (AvgIpc) is 3.37. The predicted octanol–water partition coefficient (Wildman–Crippen LogP) is 5.94. The van der Waals surface area contributed by atoms with Crippen LogP contribution < -0.4 is 4.74 Å². The Balaban J connectivity index is 1.32. The Bertz CT molecular complexity index is 1260. The topological polar surface area (TPSA) is 45.1 Å². The summed E-state index contributed by atoms with van der Waals surface area (Å²) < 4.78 is 5.62. The van der Waals surface area contributed by atoms with Gasteiger partial charge in [-0.1, -0.05) is 66.2 Å². The number of hydrogen-bond donors (Lipinski definition) is 0. The van der Waals surface area contributed by atoms with Crippen molar-refractivity contribution < 1.29 is 9.53 Å². The Kier molecular flexibility index (Phi) is 7.71. The molecule has 3 aromatic rings. The van der Waals surface area contributed by atoms with Gasteiger partial charge < -0.3 is 4.74 Å². The molecule has 5 rings (SSSR count). The molecule has 1 saturated heterocycles. The molecular formula is C32H37N3O2. The fourth-order valence-electron chi connectivity index (χ4n) is 5.71. The number of methoxy groups -OCH3 is 1. The molecule has 0 bridgehead atoms. The maximum atomic E-state index is 13.7. The standard InChI is InChI=1S/C32H37N3O2/c1-23-13-14-24(2)28(19-23)30-21-29(27-11-7-8-12-31(27)37-3)33-35(30)32(36)22-34-17-15-26(16-18-34)20-25-9-5-4-6-10-25/h4-14,19,26,30H,15-18,20-22H2,1-3H3/t30-/m0/s1. The van der Waals surface area contributed by atoms with E-state index in [0.29, 0.717) is 18.9 Å². The molecule has 0 N–H and O–H groups in total. The third kappa shape index (κ3) is 5.78. The maximum absolute atomic E-state index is 13.7. The smallest absolute Gasteiger partial charge is 0.257 e. The zero-order chi connectivity index (χ0) is 25.8. The quantitative estimate of drug-likeness (QED) is 0.407. The van der Waals surface area contributed by atoms with Gasteiger partial charge in [-0.05, 0) is 80.9 Å². The number of carbonyl (C=O) groups excluding carboxylic acids is 1. The maximum Gasteiger partial charge on any atom is 0.257 e. The predicted molar refractivity (Wildman–Crippen MR) is 149 cm³/mol. The number of amides is 1. The summed E-state index contributed by atoms with van der Waals surface area (Å²) in [5.41, 5.74) is 6.81.